The molecule has 0 unspecified atom stereocenters. The van der Waals surface area contributed by atoms with E-state index in [0.717, 1.165) is 5.56 Å². The first kappa shape index (κ1) is 17.1. The Kier molecular flexibility index (Phi) is 5.67. The van der Waals surface area contributed by atoms with Crippen LogP contribution in [0.3, 0.4) is 0 Å². The van der Waals surface area contributed by atoms with Crippen molar-refractivity contribution in [2.45, 2.75) is 19.4 Å². The number of benzene rings is 1. The lowest BCUT2D eigenvalue weighted by Gasteiger charge is -2.21. The van der Waals surface area contributed by atoms with Gasteiger partial charge in [-0.05, 0) is 17.7 Å². The fourth-order valence-electron chi connectivity index (χ4n) is 2.44. The van der Waals surface area contributed by atoms with Gasteiger partial charge in [-0.15, -0.1) is 0 Å². The minimum Gasteiger partial charge on any atom is -0.389 e. The van der Waals surface area contributed by atoms with Crippen molar-refractivity contribution in [1.29, 1.82) is 0 Å². The number of β-amino-alcohol motifs (C(OH)–C–C–N with tert-alkyl or cyclic N) is 1. The third-order valence-corrected chi connectivity index (χ3v) is 4.38. The highest BCUT2D eigenvalue weighted by Crippen LogP contribution is 2.23. The number of carbonyl (C=O) groups excluding carboxylic acids is 2. The number of halogens is 2. The van der Waals surface area contributed by atoms with Crippen LogP contribution in [0.1, 0.15) is 12.5 Å². The Morgan fingerprint density at radius 1 is 1.18 bits per heavy atom. The van der Waals surface area contributed by atoms with Crippen LogP contribution in [0.15, 0.2) is 18.2 Å². The zero-order chi connectivity index (χ0) is 16.3. The zero-order valence-electron chi connectivity index (χ0n) is 12.3. The second-order valence-electron chi connectivity index (χ2n) is 5.38. The number of rotatable bonds is 2. The minimum atomic E-state index is -0.732. The smallest absolute Gasteiger partial charge is 0.227 e. The highest BCUT2D eigenvalue weighted by atomic mass is 35.5. The van der Waals surface area contributed by atoms with Crippen LogP contribution < -0.4 is 0 Å². The fourth-order valence-corrected chi connectivity index (χ4v) is 2.76. The monoisotopic (exact) mass is 344 g/mol. The molecule has 1 atom stereocenters. The molecule has 0 radical (unpaired) electrons. The molecule has 2 amide bonds. The Bertz CT molecular complexity index is 580. The largest absolute Gasteiger partial charge is 0.389 e. The van der Waals surface area contributed by atoms with E-state index in [4.69, 9.17) is 23.2 Å². The van der Waals surface area contributed by atoms with Crippen molar-refractivity contribution >= 4 is 35.0 Å². The van der Waals surface area contributed by atoms with Crippen LogP contribution in [-0.4, -0.2) is 59.0 Å². The highest BCUT2D eigenvalue weighted by molar-refractivity contribution is 6.42. The number of aliphatic hydroxyl groups is 1. The molecule has 1 aromatic carbocycles. The summed E-state index contributed by atoms with van der Waals surface area (Å²) < 4.78 is 0. The lowest BCUT2D eigenvalue weighted by Crippen LogP contribution is -2.38. The van der Waals surface area contributed by atoms with E-state index in [0.29, 0.717) is 23.1 Å². The molecule has 0 aromatic heterocycles. The van der Waals surface area contributed by atoms with E-state index < -0.39 is 6.10 Å². The maximum atomic E-state index is 12.4. The first-order chi connectivity index (χ1) is 10.4. The number of aliphatic hydroxyl groups excluding tert-OH is 1. The lowest BCUT2D eigenvalue weighted by molar-refractivity contribution is -0.132. The van der Waals surface area contributed by atoms with Crippen molar-refractivity contribution in [2.24, 2.45) is 0 Å². The second-order valence-corrected chi connectivity index (χ2v) is 6.20. The molecule has 7 heteroatoms. The number of hydrogen-bond donors (Lipinski definition) is 1. The van der Waals surface area contributed by atoms with Crippen molar-refractivity contribution < 1.29 is 14.7 Å². The number of carbonyl (C=O) groups is 2. The van der Waals surface area contributed by atoms with Crippen molar-refractivity contribution in [2.75, 3.05) is 26.2 Å². The molecule has 0 saturated carbocycles. The zero-order valence-corrected chi connectivity index (χ0v) is 13.8. The van der Waals surface area contributed by atoms with Gasteiger partial charge in [-0.25, -0.2) is 0 Å². The van der Waals surface area contributed by atoms with Crippen LogP contribution in [0.4, 0.5) is 0 Å². The van der Waals surface area contributed by atoms with E-state index in [1.54, 1.807) is 28.0 Å². The first-order valence-electron chi connectivity index (χ1n) is 7.02. The molecule has 1 aliphatic heterocycles. The average Bonchev–Trinajstić information content (AvgIpc) is 2.65. The SMILES string of the molecule is CC(=O)N1CCN(C(=O)Cc2ccc(Cl)c(Cl)c2)C[C@@H](O)C1. The normalized spacial score (nSPS) is 19.0. The van der Waals surface area contributed by atoms with Crippen LogP contribution in [-0.2, 0) is 16.0 Å². The van der Waals surface area contributed by atoms with Gasteiger partial charge in [-0.3, -0.25) is 9.59 Å². The average molecular weight is 345 g/mol. The molecule has 0 aliphatic carbocycles. The van der Waals surface area contributed by atoms with E-state index in [1.807, 2.05) is 0 Å². The summed E-state index contributed by atoms with van der Waals surface area (Å²) in [4.78, 5) is 26.9. The van der Waals surface area contributed by atoms with Gasteiger partial charge in [0.1, 0.15) is 0 Å². The predicted molar refractivity (Wildman–Crippen MR) is 85.0 cm³/mol. The van der Waals surface area contributed by atoms with Gasteiger partial charge < -0.3 is 14.9 Å². The predicted octanol–water partition coefficient (Wildman–Crippen LogP) is 1.59. The molecule has 22 heavy (non-hydrogen) atoms. The van der Waals surface area contributed by atoms with E-state index >= 15 is 0 Å². The summed E-state index contributed by atoms with van der Waals surface area (Å²) in [5.74, 6) is -0.208. The number of hydrogen-bond acceptors (Lipinski definition) is 3. The van der Waals surface area contributed by atoms with Gasteiger partial charge in [0.15, 0.2) is 0 Å². The Labute approximate surface area is 139 Å². The maximum absolute atomic E-state index is 12.4. The molecule has 1 aliphatic rings. The van der Waals surface area contributed by atoms with Crippen molar-refractivity contribution in [3.05, 3.63) is 33.8 Å². The first-order valence-corrected chi connectivity index (χ1v) is 7.77. The Morgan fingerprint density at radius 2 is 1.82 bits per heavy atom. The quantitative estimate of drug-likeness (QED) is 0.886. The molecule has 1 aromatic rings. The van der Waals surface area contributed by atoms with E-state index in [9.17, 15) is 14.7 Å². The molecule has 1 heterocycles. The topological polar surface area (TPSA) is 60.9 Å². The van der Waals surface area contributed by atoms with Crippen molar-refractivity contribution in [3.8, 4) is 0 Å². The molecule has 120 valence electrons. The number of nitrogens with zero attached hydrogens (tertiary/aromatic N) is 2. The Hall–Kier alpha value is -1.30. The van der Waals surface area contributed by atoms with Gasteiger partial charge in [-0.2, -0.15) is 0 Å². The Balaban J connectivity index is 2.02. The molecule has 0 bridgehead atoms. The third-order valence-electron chi connectivity index (χ3n) is 3.64. The van der Waals surface area contributed by atoms with Gasteiger partial charge in [-0.1, -0.05) is 29.3 Å². The summed E-state index contributed by atoms with van der Waals surface area (Å²) >= 11 is 11.8. The van der Waals surface area contributed by atoms with Crippen LogP contribution in [0.2, 0.25) is 10.0 Å². The van der Waals surface area contributed by atoms with E-state index in [1.165, 1.54) is 6.92 Å². The molecule has 1 N–H and O–H groups in total. The summed E-state index contributed by atoms with van der Waals surface area (Å²) in [5.41, 5.74) is 0.765. The van der Waals surface area contributed by atoms with Gasteiger partial charge in [0, 0.05) is 33.1 Å². The molecule has 1 saturated heterocycles. The van der Waals surface area contributed by atoms with E-state index in [2.05, 4.69) is 0 Å². The second kappa shape index (κ2) is 7.31. The van der Waals surface area contributed by atoms with Gasteiger partial charge >= 0.3 is 0 Å². The van der Waals surface area contributed by atoms with Crippen LogP contribution in [0, 0.1) is 0 Å². The summed E-state index contributed by atoms with van der Waals surface area (Å²) in [5, 5.41) is 10.8. The highest BCUT2D eigenvalue weighted by Gasteiger charge is 2.25. The van der Waals surface area contributed by atoms with E-state index in [-0.39, 0.29) is 31.3 Å². The molecular weight excluding hydrogens is 327 g/mol. The summed E-state index contributed by atoms with van der Waals surface area (Å²) in [6.07, 6.45) is -0.548. The lowest BCUT2D eigenvalue weighted by atomic mass is 10.1. The molecule has 0 spiro atoms. The van der Waals surface area contributed by atoms with Crippen LogP contribution in [0.5, 0.6) is 0 Å². The van der Waals surface area contributed by atoms with Crippen molar-refractivity contribution in [3.63, 3.8) is 0 Å². The molecule has 2 rings (SSSR count). The van der Waals surface area contributed by atoms with Crippen LogP contribution >= 0.6 is 23.2 Å². The van der Waals surface area contributed by atoms with Crippen LogP contribution in [0.25, 0.3) is 0 Å². The van der Waals surface area contributed by atoms with Gasteiger partial charge in [0.2, 0.25) is 11.8 Å². The standard InChI is InChI=1S/C15H18Cl2N2O3/c1-10(20)18-4-5-19(9-12(21)8-18)15(22)7-11-2-3-13(16)14(17)6-11/h2-3,6,12,21H,4-5,7-9H2,1H3/t12-/m0/s1. The summed E-state index contributed by atoms with van der Waals surface area (Å²) in [6, 6.07) is 5.07. The molecular formula is C15H18Cl2N2O3. The number of amides is 2. The van der Waals surface area contributed by atoms with Crippen molar-refractivity contribution in [1.82, 2.24) is 9.80 Å². The molecule has 1 fully saturated rings. The minimum absolute atomic E-state index is 0.0992. The summed E-state index contributed by atoms with van der Waals surface area (Å²) in [6.45, 7) is 2.78. The Morgan fingerprint density at radius 3 is 2.45 bits per heavy atom. The molecule has 5 nitrogen and oxygen atoms in total. The van der Waals surface area contributed by atoms with Gasteiger partial charge in [0.05, 0.1) is 22.6 Å². The summed E-state index contributed by atoms with van der Waals surface area (Å²) in [7, 11) is 0. The fraction of sp³-hybridized carbons (Fsp3) is 0.467. The maximum Gasteiger partial charge on any atom is 0.227 e. The van der Waals surface area contributed by atoms with Gasteiger partial charge in [0.25, 0.3) is 0 Å². The third kappa shape index (κ3) is 4.35.